The summed E-state index contributed by atoms with van der Waals surface area (Å²) in [5.74, 6) is -0.429. The molecule has 0 aliphatic carbocycles. The van der Waals surface area contributed by atoms with Crippen LogP contribution in [0.5, 0.6) is 0 Å². The molecule has 0 amide bonds. The SMILES string of the molecule is CC[C@H]1CN(CCC(=O)O)CC[C@H]1O. The van der Waals surface area contributed by atoms with Gasteiger partial charge in [0.1, 0.15) is 0 Å². The Labute approximate surface area is 84.5 Å². The number of nitrogens with zero attached hydrogens (tertiary/aromatic N) is 1. The molecule has 0 spiro atoms. The van der Waals surface area contributed by atoms with E-state index in [0.29, 0.717) is 12.5 Å². The largest absolute Gasteiger partial charge is 0.481 e. The first-order valence-corrected chi connectivity index (χ1v) is 5.25. The fourth-order valence-electron chi connectivity index (χ4n) is 1.95. The molecule has 0 saturated carbocycles. The molecule has 1 aliphatic heterocycles. The van der Waals surface area contributed by atoms with E-state index in [1.165, 1.54) is 0 Å². The summed E-state index contributed by atoms with van der Waals surface area (Å²) in [6.45, 7) is 4.34. The highest BCUT2D eigenvalue weighted by Gasteiger charge is 2.26. The summed E-state index contributed by atoms with van der Waals surface area (Å²) in [7, 11) is 0. The number of carboxylic acid groups (broad SMARTS) is 1. The molecule has 4 heteroatoms. The first-order valence-electron chi connectivity index (χ1n) is 5.25. The molecule has 2 N–H and O–H groups in total. The Morgan fingerprint density at radius 1 is 1.57 bits per heavy atom. The molecular weight excluding hydrogens is 182 g/mol. The van der Waals surface area contributed by atoms with Crippen molar-refractivity contribution in [3.8, 4) is 0 Å². The van der Waals surface area contributed by atoms with Gasteiger partial charge in [0.25, 0.3) is 0 Å². The third kappa shape index (κ3) is 3.27. The Morgan fingerprint density at radius 3 is 2.86 bits per heavy atom. The number of carboxylic acids is 1. The van der Waals surface area contributed by atoms with Crippen LogP contribution >= 0.6 is 0 Å². The van der Waals surface area contributed by atoms with Crippen molar-refractivity contribution in [3.05, 3.63) is 0 Å². The van der Waals surface area contributed by atoms with E-state index in [-0.39, 0.29) is 12.5 Å². The molecule has 14 heavy (non-hydrogen) atoms. The van der Waals surface area contributed by atoms with E-state index in [9.17, 15) is 9.90 Å². The predicted molar refractivity (Wildman–Crippen MR) is 53.1 cm³/mol. The van der Waals surface area contributed by atoms with Gasteiger partial charge in [0.2, 0.25) is 0 Å². The van der Waals surface area contributed by atoms with Crippen molar-refractivity contribution in [2.75, 3.05) is 19.6 Å². The van der Waals surface area contributed by atoms with Gasteiger partial charge in [-0.15, -0.1) is 0 Å². The minimum Gasteiger partial charge on any atom is -0.481 e. The average molecular weight is 201 g/mol. The van der Waals surface area contributed by atoms with E-state index in [4.69, 9.17) is 5.11 Å². The molecule has 0 unspecified atom stereocenters. The number of hydrogen-bond donors (Lipinski definition) is 2. The number of piperidine rings is 1. The molecular formula is C10H19NO3. The molecule has 0 aromatic rings. The highest BCUT2D eigenvalue weighted by Crippen LogP contribution is 2.19. The van der Waals surface area contributed by atoms with Crippen LogP contribution in [0.1, 0.15) is 26.2 Å². The molecule has 2 atom stereocenters. The van der Waals surface area contributed by atoms with Crippen LogP contribution in [-0.2, 0) is 4.79 Å². The Bertz CT molecular complexity index is 196. The van der Waals surface area contributed by atoms with Crippen LogP contribution in [0.25, 0.3) is 0 Å². The second-order valence-corrected chi connectivity index (χ2v) is 3.97. The van der Waals surface area contributed by atoms with Crippen molar-refractivity contribution >= 4 is 5.97 Å². The van der Waals surface area contributed by atoms with Crippen molar-refractivity contribution < 1.29 is 15.0 Å². The Balaban J connectivity index is 2.31. The number of aliphatic carboxylic acids is 1. The second kappa shape index (κ2) is 5.32. The van der Waals surface area contributed by atoms with Crippen molar-refractivity contribution in [1.82, 2.24) is 4.90 Å². The van der Waals surface area contributed by atoms with E-state index in [2.05, 4.69) is 11.8 Å². The molecule has 0 radical (unpaired) electrons. The molecule has 1 heterocycles. The molecule has 1 rings (SSSR count). The molecule has 1 aliphatic rings. The summed E-state index contributed by atoms with van der Waals surface area (Å²) in [6.07, 6.45) is 1.75. The molecule has 4 nitrogen and oxygen atoms in total. The monoisotopic (exact) mass is 201 g/mol. The summed E-state index contributed by atoms with van der Waals surface area (Å²) >= 11 is 0. The van der Waals surface area contributed by atoms with Crippen molar-refractivity contribution in [2.24, 2.45) is 5.92 Å². The van der Waals surface area contributed by atoms with Crippen LogP contribution in [0.2, 0.25) is 0 Å². The lowest BCUT2D eigenvalue weighted by atomic mass is 9.92. The quantitative estimate of drug-likeness (QED) is 0.697. The van der Waals surface area contributed by atoms with E-state index < -0.39 is 5.97 Å². The lowest BCUT2D eigenvalue weighted by Gasteiger charge is -2.35. The van der Waals surface area contributed by atoms with E-state index >= 15 is 0 Å². The van der Waals surface area contributed by atoms with Gasteiger partial charge in [0.05, 0.1) is 12.5 Å². The second-order valence-electron chi connectivity index (χ2n) is 3.97. The Morgan fingerprint density at radius 2 is 2.29 bits per heavy atom. The first kappa shape index (κ1) is 11.5. The molecule has 1 fully saturated rings. The van der Waals surface area contributed by atoms with E-state index in [1.807, 2.05) is 0 Å². The highest BCUT2D eigenvalue weighted by molar-refractivity contribution is 5.66. The van der Waals surface area contributed by atoms with Crippen molar-refractivity contribution in [2.45, 2.75) is 32.3 Å². The zero-order chi connectivity index (χ0) is 10.6. The third-order valence-corrected chi connectivity index (χ3v) is 2.94. The van der Waals surface area contributed by atoms with Gasteiger partial charge in [0, 0.05) is 19.6 Å². The number of hydrogen-bond acceptors (Lipinski definition) is 3. The van der Waals surface area contributed by atoms with Crippen LogP contribution in [0.4, 0.5) is 0 Å². The van der Waals surface area contributed by atoms with Crippen LogP contribution in [-0.4, -0.2) is 46.8 Å². The van der Waals surface area contributed by atoms with Crippen LogP contribution in [0.3, 0.4) is 0 Å². The van der Waals surface area contributed by atoms with Crippen LogP contribution < -0.4 is 0 Å². The highest BCUT2D eigenvalue weighted by atomic mass is 16.4. The number of aliphatic hydroxyl groups is 1. The van der Waals surface area contributed by atoms with Gasteiger partial charge in [-0.3, -0.25) is 4.79 Å². The zero-order valence-corrected chi connectivity index (χ0v) is 8.65. The number of rotatable bonds is 4. The van der Waals surface area contributed by atoms with Gasteiger partial charge >= 0.3 is 5.97 Å². The normalized spacial score (nSPS) is 29.0. The summed E-state index contributed by atoms with van der Waals surface area (Å²) in [5.41, 5.74) is 0. The zero-order valence-electron chi connectivity index (χ0n) is 8.65. The maximum atomic E-state index is 10.4. The number of aliphatic hydroxyl groups excluding tert-OH is 1. The number of likely N-dealkylation sites (tertiary alicyclic amines) is 1. The van der Waals surface area contributed by atoms with Crippen molar-refractivity contribution in [3.63, 3.8) is 0 Å². The average Bonchev–Trinajstić information content (AvgIpc) is 2.16. The maximum Gasteiger partial charge on any atom is 0.304 e. The van der Waals surface area contributed by atoms with Gasteiger partial charge in [0.15, 0.2) is 0 Å². The molecule has 0 bridgehead atoms. The predicted octanol–water partition coefficient (Wildman–Crippen LogP) is 0.554. The lowest BCUT2D eigenvalue weighted by Crippen LogP contribution is -2.43. The third-order valence-electron chi connectivity index (χ3n) is 2.94. The minimum atomic E-state index is -0.746. The lowest BCUT2D eigenvalue weighted by molar-refractivity contribution is -0.137. The first-order chi connectivity index (χ1) is 6.63. The van der Waals surface area contributed by atoms with Gasteiger partial charge in [-0.05, 0) is 18.8 Å². The standard InChI is InChI=1S/C10H19NO3/c1-2-8-7-11(5-3-9(8)12)6-4-10(13)14/h8-9,12H,2-7H2,1H3,(H,13,14)/t8-,9+/m0/s1. The summed E-state index contributed by atoms with van der Waals surface area (Å²) in [4.78, 5) is 12.5. The topological polar surface area (TPSA) is 60.8 Å². The minimum absolute atomic E-state index is 0.193. The summed E-state index contributed by atoms with van der Waals surface area (Å²) < 4.78 is 0. The Kier molecular flexibility index (Phi) is 4.35. The van der Waals surface area contributed by atoms with Gasteiger partial charge in [-0.2, -0.15) is 0 Å². The fourth-order valence-corrected chi connectivity index (χ4v) is 1.95. The molecule has 1 saturated heterocycles. The molecule has 0 aromatic heterocycles. The summed E-state index contributed by atoms with van der Waals surface area (Å²) in [6, 6.07) is 0. The van der Waals surface area contributed by atoms with Crippen molar-refractivity contribution in [1.29, 1.82) is 0 Å². The maximum absolute atomic E-state index is 10.4. The summed E-state index contributed by atoms with van der Waals surface area (Å²) in [5, 5.41) is 18.2. The van der Waals surface area contributed by atoms with Gasteiger partial charge in [-0.1, -0.05) is 6.92 Å². The number of carbonyl (C=O) groups is 1. The Hall–Kier alpha value is -0.610. The van der Waals surface area contributed by atoms with Gasteiger partial charge < -0.3 is 15.1 Å². The van der Waals surface area contributed by atoms with E-state index in [1.54, 1.807) is 0 Å². The van der Waals surface area contributed by atoms with Crippen LogP contribution in [0.15, 0.2) is 0 Å². The smallest absolute Gasteiger partial charge is 0.304 e. The van der Waals surface area contributed by atoms with Crippen LogP contribution in [0, 0.1) is 5.92 Å². The van der Waals surface area contributed by atoms with E-state index in [0.717, 1.165) is 25.9 Å². The molecule has 82 valence electrons. The molecule has 0 aromatic carbocycles. The fraction of sp³-hybridized carbons (Fsp3) is 0.900. The van der Waals surface area contributed by atoms with Gasteiger partial charge in [-0.25, -0.2) is 0 Å².